The Morgan fingerprint density at radius 3 is 1.15 bits per heavy atom. The molecule has 0 amide bonds. The Labute approximate surface area is 229 Å². The summed E-state index contributed by atoms with van der Waals surface area (Å²) in [5, 5.41) is 0. The second-order valence-corrected chi connectivity index (χ2v) is 9.33. The summed E-state index contributed by atoms with van der Waals surface area (Å²) in [6, 6.07) is 30.5. The van der Waals surface area contributed by atoms with Crippen molar-refractivity contribution in [1.82, 2.24) is 0 Å². The fourth-order valence-corrected chi connectivity index (χ4v) is 4.64. The second kappa shape index (κ2) is 12.3. The SMILES string of the molecule is C=CCC(c1ccc(N(CC(F)(F)F)c2ccccc2)cc1)c1ccc(N(CC(F)(F)F)c2ccccc2)cc1. The zero-order chi connectivity index (χ0) is 28.8. The molecule has 4 rings (SSSR count). The number of benzene rings is 4. The van der Waals surface area contributed by atoms with Gasteiger partial charge < -0.3 is 9.80 Å². The molecule has 0 N–H and O–H groups in total. The minimum atomic E-state index is -4.40. The van der Waals surface area contributed by atoms with Gasteiger partial charge in [-0.3, -0.25) is 0 Å². The molecule has 4 aromatic carbocycles. The fraction of sp³-hybridized carbons (Fsp3) is 0.188. The maximum absolute atomic E-state index is 13.4. The van der Waals surface area contributed by atoms with Gasteiger partial charge in [0.05, 0.1) is 0 Å². The number of nitrogens with zero attached hydrogens (tertiary/aromatic N) is 2. The number of rotatable bonds is 10. The van der Waals surface area contributed by atoms with Gasteiger partial charge in [-0.2, -0.15) is 26.3 Å². The van der Waals surface area contributed by atoms with Crippen molar-refractivity contribution in [1.29, 1.82) is 0 Å². The van der Waals surface area contributed by atoms with Crippen LogP contribution in [-0.4, -0.2) is 25.4 Å². The molecule has 0 fully saturated rings. The van der Waals surface area contributed by atoms with Crippen LogP contribution in [0.3, 0.4) is 0 Å². The summed E-state index contributed by atoms with van der Waals surface area (Å²) >= 11 is 0. The van der Waals surface area contributed by atoms with Gasteiger partial charge in [0, 0.05) is 28.7 Å². The van der Waals surface area contributed by atoms with Gasteiger partial charge >= 0.3 is 12.4 Å². The van der Waals surface area contributed by atoms with Gasteiger partial charge in [-0.25, -0.2) is 0 Å². The van der Waals surface area contributed by atoms with Crippen molar-refractivity contribution in [3.63, 3.8) is 0 Å². The van der Waals surface area contributed by atoms with Gasteiger partial charge in [0.1, 0.15) is 13.1 Å². The maximum atomic E-state index is 13.4. The smallest absolute Gasteiger partial charge is 0.332 e. The minimum absolute atomic E-state index is 0.179. The summed E-state index contributed by atoms with van der Waals surface area (Å²) in [5.41, 5.74) is 3.34. The predicted molar refractivity (Wildman–Crippen MR) is 149 cm³/mol. The van der Waals surface area contributed by atoms with Crippen molar-refractivity contribution in [3.05, 3.63) is 133 Å². The molecule has 0 spiro atoms. The van der Waals surface area contributed by atoms with Crippen molar-refractivity contribution in [2.75, 3.05) is 22.9 Å². The first-order valence-electron chi connectivity index (χ1n) is 12.6. The van der Waals surface area contributed by atoms with Gasteiger partial charge in [0.25, 0.3) is 0 Å². The minimum Gasteiger partial charge on any atom is -0.332 e. The van der Waals surface area contributed by atoms with Gasteiger partial charge in [0.15, 0.2) is 0 Å². The van der Waals surface area contributed by atoms with E-state index in [2.05, 4.69) is 6.58 Å². The van der Waals surface area contributed by atoms with E-state index in [1.807, 2.05) is 0 Å². The third-order valence-corrected chi connectivity index (χ3v) is 6.43. The van der Waals surface area contributed by atoms with Crippen LogP contribution in [0, 0.1) is 0 Å². The molecule has 0 radical (unpaired) electrons. The summed E-state index contributed by atoms with van der Waals surface area (Å²) in [6.45, 7) is 1.57. The van der Waals surface area contributed by atoms with Gasteiger partial charge in [0.2, 0.25) is 0 Å². The Hall–Kier alpha value is -4.20. The quantitative estimate of drug-likeness (QED) is 0.142. The highest BCUT2D eigenvalue weighted by molar-refractivity contribution is 5.65. The van der Waals surface area contributed by atoms with E-state index in [0.29, 0.717) is 29.2 Å². The molecule has 0 aliphatic carbocycles. The molecule has 2 nitrogen and oxygen atoms in total. The van der Waals surface area contributed by atoms with Crippen LogP contribution < -0.4 is 9.80 Å². The van der Waals surface area contributed by atoms with Gasteiger partial charge in [-0.05, 0) is 66.1 Å². The highest BCUT2D eigenvalue weighted by Crippen LogP contribution is 2.36. The van der Waals surface area contributed by atoms with Crippen LogP contribution in [0.1, 0.15) is 23.5 Å². The number of halogens is 6. The number of allylic oxidation sites excluding steroid dienone is 1. The zero-order valence-corrected chi connectivity index (χ0v) is 21.5. The topological polar surface area (TPSA) is 6.48 Å². The van der Waals surface area contributed by atoms with Crippen molar-refractivity contribution < 1.29 is 26.3 Å². The third-order valence-electron chi connectivity index (χ3n) is 6.43. The van der Waals surface area contributed by atoms with E-state index in [-0.39, 0.29) is 5.92 Å². The van der Waals surface area contributed by atoms with E-state index >= 15 is 0 Å². The van der Waals surface area contributed by atoms with Crippen molar-refractivity contribution >= 4 is 22.7 Å². The van der Waals surface area contributed by atoms with E-state index < -0.39 is 25.4 Å². The van der Waals surface area contributed by atoms with E-state index in [1.54, 1.807) is 115 Å². The zero-order valence-electron chi connectivity index (χ0n) is 21.5. The molecule has 8 heteroatoms. The molecule has 0 bridgehead atoms. The Balaban J connectivity index is 1.62. The van der Waals surface area contributed by atoms with Gasteiger partial charge in [-0.1, -0.05) is 66.7 Å². The van der Waals surface area contributed by atoms with Gasteiger partial charge in [-0.15, -0.1) is 6.58 Å². The largest absolute Gasteiger partial charge is 0.406 e. The molecular weight excluding hydrogens is 526 g/mol. The lowest BCUT2D eigenvalue weighted by atomic mass is 9.88. The van der Waals surface area contributed by atoms with Crippen LogP contribution in [-0.2, 0) is 0 Å². The monoisotopic (exact) mass is 554 g/mol. The van der Waals surface area contributed by atoms with E-state index in [0.717, 1.165) is 11.1 Å². The summed E-state index contributed by atoms with van der Waals surface area (Å²) in [7, 11) is 0. The molecule has 4 aromatic rings. The summed E-state index contributed by atoms with van der Waals surface area (Å²) in [5.74, 6) is -0.179. The molecule has 208 valence electrons. The first-order valence-corrected chi connectivity index (χ1v) is 12.6. The summed E-state index contributed by atoms with van der Waals surface area (Å²) < 4.78 is 80.3. The van der Waals surface area contributed by atoms with Crippen molar-refractivity contribution in [2.45, 2.75) is 24.7 Å². The molecule has 40 heavy (non-hydrogen) atoms. The summed E-state index contributed by atoms with van der Waals surface area (Å²) in [4.78, 5) is 2.42. The molecule has 0 heterocycles. The van der Waals surface area contributed by atoms with Crippen LogP contribution in [0.4, 0.5) is 49.1 Å². The summed E-state index contributed by atoms with van der Waals surface area (Å²) in [6.07, 6.45) is -6.52. The van der Waals surface area contributed by atoms with Crippen LogP contribution in [0.5, 0.6) is 0 Å². The van der Waals surface area contributed by atoms with Crippen LogP contribution in [0.2, 0.25) is 0 Å². The molecule has 0 saturated carbocycles. The molecule has 0 aromatic heterocycles. The lowest BCUT2D eigenvalue weighted by molar-refractivity contribution is -0.119. The standard InChI is InChI=1S/C32H28F6N2/c1-2-9-30(24-14-18-28(19-15-24)39(22-31(33,34)35)26-10-5-3-6-11-26)25-16-20-29(21-17-25)40(23-32(36,37)38)27-12-7-4-8-13-27/h2-8,10-21,30H,1,9,22-23H2. The normalized spacial score (nSPS) is 11.9. The maximum Gasteiger partial charge on any atom is 0.406 e. The average molecular weight is 555 g/mol. The molecular formula is C32H28F6N2. The Morgan fingerprint density at radius 2 is 0.850 bits per heavy atom. The molecule has 0 saturated heterocycles. The highest BCUT2D eigenvalue weighted by atomic mass is 19.4. The molecule has 0 unspecified atom stereocenters. The number of anilines is 4. The Morgan fingerprint density at radius 1 is 0.525 bits per heavy atom. The number of hydrogen-bond donors (Lipinski definition) is 0. The number of alkyl halides is 6. The van der Waals surface area contributed by atoms with E-state index in [1.165, 1.54) is 9.80 Å². The lowest BCUT2D eigenvalue weighted by Crippen LogP contribution is -2.30. The highest BCUT2D eigenvalue weighted by Gasteiger charge is 2.33. The van der Waals surface area contributed by atoms with Crippen LogP contribution >= 0.6 is 0 Å². The first kappa shape index (κ1) is 28.8. The Kier molecular flexibility index (Phi) is 8.87. The fourth-order valence-electron chi connectivity index (χ4n) is 4.64. The molecule has 0 aliphatic heterocycles. The van der Waals surface area contributed by atoms with E-state index in [9.17, 15) is 26.3 Å². The lowest BCUT2D eigenvalue weighted by Gasteiger charge is -2.27. The second-order valence-electron chi connectivity index (χ2n) is 9.33. The number of hydrogen-bond acceptors (Lipinski definition) is 2. The number of para-hydroxylation sites is 2. The Bertz CT molecular complexity index is 1250. The first-order chi connectivity index (χ1) is 19.0. The predicted octanol–water partition coefficient (Wildman–Crippen LogP) is 9.80. The van der Waals surface area contributed by atoms with Crippen molar-refractivity contribution in [3.8, 4) is 0 Å². The van der Waals surface area contributed by atoms with Crippen LogP contribution in [0.25, 0.3) is 0 Å². The molecule has 0 aliphatic rings. The van der Waals surface area contributed by atoms with Crippen LogP contribution in [0.15, 0.2) is 122 Å². The van der Waals surface area contributed by atoms with Crippen molar-refractivity contribution in [2.24, 2.45) is 0 Å². The third kappa shape index (κ3) is 7.68. The van der Waals surface area contributed by atoms with E-state index in [4.69, 9.17) is 0 Å². The molecule has 0 atom stereocenters. The average Bonchev–Trinajstić information content (AvgIpc) is 2.94.